The second-order valence-electron chi connectivity index (χ2n) is 10.0. The number of carbonyl (C=O) groups is 4. The first-order valence-corrected chi connectivity index (χ1v) is 11.9. The summed E-state index contributed by atoms with van der Waals surface area (Å²) in [6.45, 7) is 7.47. The summed E-state index contributed by atoms with van der Waals surface area (Å²) in [7, 11) is 3.65. The molecular weight excluding hydrogens is 408 g/mol. The van der Waals surface area contributed by atoms with Crippen LogP contribution < -0.4 is 5.32 Å². The fourth-order valence-corrected chi connectivity index (χ4v) is 6.11. The predicted octanol–water partition coefficient (Wildman–Crippen LogP) is 1.27. The van der Waals surface area contributed by atoms with E-state index in [2.05, 4.69) is 18.8 Å². The molecule has 3 fully saturated rings. The first-order valence-electron chi connectivity index (χ1n) is 11.9. The number of fused-ring (bicyclic) bond motifs is 2. The van der Waals surface area contributed by atoms with Crippen molar-refractivity contribution in [3.05, 3.63) is 12.7 Å². The van der Waals surface area contributed by atoms with Gasteiger partial charge in [0.2, 0.25) is 23.6 Å². The summed E-state index contributed by atoms with van der Waals surface area (Å²) in [6, 6.07) is 0. The normalized spacial score (nSPS) is 29.8. The molecule has 32 heavy (non-hydrogen) atoms. The largest absolute Gasteiger partial charge is 0.349 e. The van der Waals surface area contributed by atoms with Crippen molar-refractivity contribution in [1.29, 1.82) is 0 Å². The zero-order valence-electron chi connectivity index (χ0n) is 19.8. The molecule has 1 heterocycles. The van der Waals surface area contributed by atoms with E-state index in [1.54, 1.807) is 9.80 Å². The van der Waals surface area contributed by atoms with E-state index in [0.717, 1.165) is 44.6 Å². The Morgan fingerprint density at radius 1 is 1.00 bits per heavy atom. The third-order valence-electron chi connectivity index (χ3n) is 7.70. The molecule has 0 aromatic heterocycles. The Balaban J connectivity index is 1.58. The number of amides is 4. The van der Waals surface area contributed by atoms with Gasteiger partial charge < -0.3 is 20.0 Å². The topological polar surface area (TPSA) is 90.0 Å². The van der Waals surface area contributed by atoms with Crippen LogP contribution in [0.4, 0.5) is 0 Å². The van der Waals surface area contributed by atoms with Crippen molar-refractivity contribution in [2.45, 2.75) is 45.4 Å². The van der Waals surface area contributed by atoms with E-state index in [1.165, 1.54) is 0 Å². The van der Waals surface area contributed by atoms with E-state index < -0.39 is 0 Å². The highest BCUT2D eigenvalue weighted by Crippen LogP contribution is 2.52. The number of nitrogens with zero attached hydrogens (tertiary/aromatic N) is 3. The van der Waals surface area contributed by atoms with Crippen molar-refractivity contribution in [2.75, 3.05) is 46.8 Å². The molecule has 3 aliphatic rings. The zero-order chi connectivity index (χ0) is 23.5. The van der Waals surface area contributed by atoms with E-state index in [-0.39, 0.29) is 41.5 Å². The molecule has 8 heteroatoms. The van der Waals surface area contributed by atoms with Crippen LogP contribution in [0.3, 0.4) is 0 Å². The Kier molecular flexibility index (Phi) is 7.62. The quantitative estimate of drug-likeness (QED) is 0.622. The third kappa shape index (κ3) is 5.15. The van der Waals surface area contributed by atoms with Crippen molar-refractivity contribution in [3.63, 3.8) is 0 Å². The van der Waals surface area contributed by atoms with Crippen LogP contribution in [0.2, 0.25) is 0 Å². The van der Waals surface area contributed by atoms with E-state index in [4.69, 9.17) is 0 Å². The fourth-order valence-electron chi connectivity index (χ4n) is 6.11. The lowest BCUT2D eigenvalue weighted by atomic mass is 9.57. The second kappa shape index (κ2) is 10.0. The summed E-state index contributed by atoms with van der Waals surface area (Å²) in [5, 5.41) is 2.52. The van der Waals surface area contributed by atoms with E-state index in [9.17, 15) is 19.2 Å². The second-order valence-corrected chi connectivity index (χ2v) is 10.0. The van der Waals surface area contributed by atoms with Crippen molar-refractivity contribution in [2.24, 2.45) is 23.2 Å². The molecule has 1 N–H and O–H groups in total. The van der Waals surface area contributed by atoms with Crippen LogP contribution in [0.5, 0.6) is 0 Å². The average molecular weight is 447 g/mol. The number of carbonyl (C=O) groups excluding carboxylic acids is 4. The highest BCUT2D eigenvalue weighted by Gasteiger charge is 2.50. The summed E-state index contributed by atoms with van der Waals surface area (Å²) in [6.07, 6.45) is 6.60. The van der Waals surface area contributed by atoms with Crippen molar-refractivity contribution >= 4 is 23.6 Å². The Bertz CT molecular complexity index is 743. The Morgan fingerprint density at radius 3 is 2.06 bits per heavy atom. The van der Waals surface area contributed by atoms with Gasteiger partial charge in [0.1, 0.15) is 0 Å². The van der Waals surface area contributed by atoms with Crippen LogP contribution >= 0.6 is 0 Å². The lowest BCUT2D eigenvalue weighted by molar-refractivity contribution is -0.153. The molecule has 2 unspecified atom stereocenters. The van der Waals surface area contributed by atoms with E-state index in [0.29, 0.717) is 38.0 Å². The minimum Gasteiger partial charge on any atom is -0.349 e. The molecule has 2 saturated carbocycles. The van der Waals surface area contributed by atoms with Crippen molar-refractivity contribution < 1.29 is 19.2 Å². The van der Waals surface area contributed by atoms with E-state index >= 15 is 0 Å². The van der Waals surface area contributed by atoms with Gasteiger partial charge in [-0.1, -0.05) is 13.5 Å². The van der Waals surface area contributed by atoms with Gasteiger partial charge in [-0.25, -0.2) is 0 Å². The molecule has 3 rings (SSSR count). The number of hydrogen-bond donors (Lipinski definition) is 1. The van der Waals surface area contributed by atoms with Gasteiger partial charge in [0.25, 0.3) is 0 Å². The molecule has 0 radical (unpaired) electrons. The summed E-state index contributed by atoms with van der Waals surface area (Å²) in [4.78, 5) is 55.1. The Morgan fingerprint density at radius 2 is 1.56 bits per heavy atom. The number of hydrogen-bond acceptors (Lipinski definition) is 4. The molecule has 0 spiro atoms. The lowest BCUT2D eigenvalue weighted by Gasteiger charge is -2.50. The minimum absolute atomic E-state index is 0.0477. The van der Waals surface area contributed by atoms with Gasteiger partial charge >= 0.3 is 0 Å². The maximum absolute atomic E-state index is 13.7. The fraction of sp³-hybridized carbons (Fsp3) is 0.750. The number of rotatable bonds is 6. The molecule has 178 valence electrons. The molecular formula is C24H38N4O4. The summed E-state index contributed by atoms with van der Waals surface area (Å²) in [5.41, 5.74) is -0.343. The molecule has 1 aliphatic heterocycles. The summed E-state index contributed by atoms with van der Waals surface area (Å²) in [5.74, 6) is 0.887. The Hall–Kier alpha value is -2.38. The molecule has 1 saturated heterocycles. The maximum atomic E-state index is 13.7. The summed E-state index contributed by atoms with van der Waals surface area (Å²) >= 11 is 0. The Labute approximate surface area is 191 Å². The van der Waals surface area contributed by atoms with E-state index in [1.807, 2.05) is 19.0 Å². The van der Waals surface area contributed by atoms with Crippen LogP contribution in [0.25, 0.3) is 0 Å². The SMILES string of the molecule is C=CC(=O)NCC(=O)N1CCN(C(=O)C2(CC)CC3CC(CC(C(=O)N(C)C)C3)C2)CC1. The maximum Gasteiger partial charge on any atom is 0.243 e. The molecule has 4 amide bonds. The van der Waals surface area contributed by atoms with Crippen LogP contribution in [0.1, 0.15) is 45.4 Å². The van der Waals surface area contributed by atoms with Crippen LogP contribution in [0.15, 0.2) is 12.7 Å². The first-order chi connectivity index (χ1) is 15.2. The third-order valence-corrected chi connectivity index (χ3v) is 7.70. The molecule has 2 aliphatic carbocycles. The van der Waals surface area contributed by atoms with Gasteiger partial charge in [-0.2, -0.15) is 0 Å². The molecule has 2 atom stereocenters. The lowest BCUT2D eigenvalue weighted by Crippen LogP contribution is -2.57. The monoisotopic (exact) mass is 446 g/mol. The standard InChI is InChI=1S/C24H38N4O4/c1-5-20(29)25-16-21(30)27-7-9-28(10-8-27)23(32)24(6-2)14-17-11-18(15-24)13-19(12-17)22(31)26(3)4/h5,17-19H,1,6-16H2,2-4H3,(H,25,29). The first kappa shape index (κ1) is 24.3. The highest BCUT2D eigenvalue weighted by atomic mass is 16.2. The number of nitrogens with one attached hydrogen (secondary N) is 1. The highest BCUT2D eigenvalue weighted by molar-refractivity contribution is 5.91. The van der Waals surface area contributed by atoms with Crippen molar-refractivity contribution in [1.82, 2.24) is 20.0 Å². The number of piperazine rings is 1. The molecule has 8 nitrogen and oxygen atoms in total. The van der Waals surface area contributed by atoms with Crippen LogP contribution in [-0.2, 0) is 19.2 Å². The van der Waals surface area contributed by atoms with Crippen LogP contribution in [0, 0.1) is 23.2 Å². The van der Waals surface area contributed by atoms with Crippen LogP contribution in [-0.4, -0.2) is 85.1 Å². The van der Waals surface area contributed by atoms with Gasteiger partial charge in [0, 0.05) is 51.6 Å². The van der Waals surface area contributed by atoms with Gasteiger partial charge in [0.15, 0.2) is 0 Å². The predicted molar refractivity (Wildman–Crippen MR) is 121 cm³/mol. The smallest absolute Gasteiger partial charge is 0.243 e. The van der Waals surface area contributed by atoms with Gasteiger partial charge in [-0.3, -0.25) is 19.2 Å². The summed E-state index contributed by atoms with van der Waals surface area (Å²) < 4.78 is 0. The average Bonchev–Trinajstić information content (AvgIpc) is 2.80. The molecule has 0 aromatic carbocycles. The van der Waals surface area contributed by atoms with Gasteiger partial charge in [0.05, 0.1) is 6.54 Å². The van der Waals surface area contributed by atoms with Gasteiger partial charge in [-0.05, 0) is 56.4 Å². The minimum atomic E-state index is -0.366. The molecule has 0 aromatic rings. The van der Waals surface area contributed by atoms with Crippen molar-refractivity contribution in [3.8, 4) is 0 Å². The van der Waals surface area contributed by atoms with Gasteiger partial charge in [-0.15, -0.1) is 0 Å². The molecule has 2 bridgehead atoms. The zero-order valence-corrected chi connectivity index (χ0v) is 19.8.